The number of nitrogens with one attached hydrogen (secondary N) is 2. The lowest BCUT2D eigenvalue weighted by molar-refractivity contribution is 0.119. The summed E-state index contributed by atoms with van der Waals surface area (Å²) < 4.78 is 10.9. The Balaban J connectivity index is 1.29. The summed E-state index contributed by atoms with van der Waals surface area (Å²) in [6, 6.07) is 19.0. The van der Waals surface area contributed by atoms with Crippen LogP contribution < -0.4 is 20.3 Å². The number of hydrogen-bond acceptors (Lipinski definition) is 4. The summed E-state index contributed by atoms with van der Waals surface area (Å²) in [5.41, 5.74) is 2.44. The van der Waals surface area contributed by atoms with Gasteiger partial charge in [0.15, 0.2) is 5.96 Å². The summed E-state index contributed by atoms with van der Waals surface area (Å²) in [5, 5.41) is 6.93. The van der Waals surface area contributed by atoms with Gasteiger partial charge in [0.1, 0.15) is 5.75 Å². The fourth-order valence-electron chi connectivity index (χ4n) is 3.43. The summed E-state index contributed by atoms with van der Waals surface area (Å²) in [6.45, 7) is 4.22. The van der Waals surface area contributed by atoms with E-state index < -0.39 is 0 Å². The van der Waals surface area contributed by atoms with E-state index in [-0.39, 0.29) is 0 Å². The van der Waals surface area contributed by atoms with Crippen molar-refractivity contribution < 1.29 is 9.47 Å². The third-order valence-electron chi connectivity index (χ3n) is 5.06. The third kappa shape index (κ3) is 6.68. The minimum atomic E-state index is 0.410. The van der Waals surface area contributed by atoms with Crippen LogP contribution in [-0.2, 0) is 11.3 Å². The molecule has 6 nitrogen and oxygen atoms in total. The second kappa shape index (κ2) is 11.3. The summed E-state index contributed by atoms with van der Waals surface area (Å²) in [5.74, 6) is 1.73. The van der Waals surface area contributed by atoms with Crippen molar-refractivity contribution in [3.63, 3.8) is 0 Å². The van der Waals surface area contributed by atoms with Gasteiger partial charge in [-0.2, -0.15) is 0 Å². The van der Waals surface area contributed by atoms with Gasteiger partial charge in [0.2, 0.25) is 0 Å². The molecule has 2 N–H and O–H groups in total. The van der Waals surface area contributed by atoms with Crippen LogP contribution in [0.5, 0.6) is 5.75 Å². The molecule has 6 heteroatoms. The maximum atomic E-state index is 5.76. The molecule has 1 aliphatic rings. The molecule has 1 aliphatic heterocycles. The van der Waals surface area contributed by atoms with Crippen molar-refractivity contribution in [2.24, 2.45) is 4.99 Å². The molecule has 1 atom stereocenters. The lowest BCUT2D eigenvalue weighted by Crippen LogP contribution is -2.45. The van der Waals surface area contributed by atoms with E-state index in [9.17, 15) is 0 Å². The average Bonchev–Trinajstić information content (AvgIpc) is 3.25. The lowest BCUT2D eigenvalue weighted by Gasteiger charge is -2.20. The number of anilines is 1. The van der Waals surface area contributed by atoms with E-state index in [1.165, 1.54) is 5.69 Å². The number of guanidine groups is 1. The van der Waals surface area contributed by atoms with Gasteiger partial charge in [-0.25, -0.2) is 0 Å². The Bertz CT molecular complexity index is 749. The Labute approximate surface area is 173 Å². The molecular weight excluding hydrogens is 364 g/mol. The topological polar surface area (TPSA) is 58.1 Å². The number of hydrogen-bond donors (Lipinski definition) is 2. The van der Waals surface area contributed by atoms with Gasteiger partial charge in [0, 0.05) is 45.0 Å². The third-order valence-corrected chi connectivity index (χ3v) is 5.06. The molecule has 0 amide bonds. The van der Waals surface area contributed by atoms with E-state index in [1.54, 1.807) is 7.11 Å². The monoisotopic (exact) mass is 396 g/mol. The Morgan fingerprint density at radius 1 is 1.14 bits per heavy atom. The van der Waals surface area contributed by atoms with Crippen LogP contribution in [0.2, 0.25) is 0 Å². The highest BCUT2D eigenvalue weighted by molar-refractivity contribution is 5.80. The average molecular weight is 397 g/mol. The molecule has 2 aromatic rings. The number of ether oxygens (including phenoxy) is 2. The van der Waals surface area contributed by atoms with Crippen molar-refractivity contribution in [2.75, 3.05) is 45.3 Å². The summed E-state index contributed by atoms with van der Waals surface area (Å²) in [4.78, 5) is 6.77. The first-order chi connectivity index (χ1) is 14.3. The normalized spacial score (nSPS) is 16.7. The molecule has 0 spiro atoms. The Morgan fingerprint density at radius 2 is 1.93 bits per heavy atom. The van der Waals surface area contributed by atoms with Gasteiger partial charge < -0.3 is 25.0 Å². The summed E-state index contributed by atoms with van der Waals surface area (Å²) in [7, 11) is 3.49. The highest BCUT2D eigenvalue weighted by Crippen LogP contribution is 2.19. The highest BCUT2D eigenvalue weighted by atomic mass is 16.5. The van der Waals surface area contributed by atoms with Gasteiger partial charge in [0.25, 0.3) is 0 Å². The van der Waals surface area contributed by atoms with Crippen molar-refractivity contribution >= 4 is 11.6 Å². The van der Waals surface area contributed by atoms with Gasteiger partial charge in [-0.1, -0.05) is 30.3 Å². The molecule has 0 aliphatic carbocycles. The summed E-state index contributed by atoms with van der Waals surface area (Å²) >= 11 is 0. The van der Waals surface area contributed by atoms with Crippen LogP contribution in [0, 0.1) is 0 Å². The predicted octanol–water partition coefficient (Wildman–Crippen LogP) is 3.05. The molecule has 1 fully saturated rings. The van der Waals surface area contributed by atoms with Gasteiger partial charge in [-0.15, -0.1) is 0 Å². The van der Waals surface area contributed by atoms with Crippen LogP contribution in [0.15, 0.2) is 59.6 Å². The molecule has 156 valence electrons. The number of benzene rings is 2. The zero-order chi connectivity index (χ0) is 20.3. The molecule has 2 aromatic carbocycles. The van der Waals surface area contributed by atoms with Gasteiger partial charge in [-0.3, -0.25) is 4.99 Å². The van der Waals surface area contributed by atoms with E-state index >= 15 is 0 Å². The quantitative estimate of drug-likeness (QED) is 0.388. The lowest BCUT2D eigenvalue weighted by atomic mass is 10.2. The van der Waals surface area contributed by atoms with E-state index in [2.05, 4.69) is 50.9 Å². The van der Waals surface area contributed by atoms with Crippen LogP contribution in [0.1, 0.15) is 18.4 Å². The molecule has 1 heterocycles. The number of rotatable bonds is 9. The molecule has 1 unspecified atom stereocenters. The maximum Gasteiger partial charge on any atom is 0.191 e. The molecule has 3 rings (SSSR count). The first-order valence-corrected chi connectivity index (χ1v) is 10.3. The largest absolute Gasteiger partial charge is 0.497 e. The maximum absolute atomic E-state index is 5.76. The minimum Gasteiger partial charge on any atom is -0.497 e. The first kappa shape index (κ1) is 21.0. The van der Waals surface area contributed by atoms with Crippen LogP contribution in [0.3, 0.4) is 0 Å². The Hall–Kier alpha value is -2.73. The highest BCUT2D eigenvalue weighted by Gasteiger charge is 2.23. The molecule has 0 aromatic heterocycles. The van der Waals surface area contributed by atoms with Crippen molar-refractivity contribution in [2.45, 2.75) is 25.5 Å². The van der Waals surface area contributed by atoms with Crippen LogP contribution >= 0.6 is 0 Å². The smallest absolute Gasteiger partial charge is 0.191 e. The van der Waals surface area contributed by atoms with Crippen LogP contribution in [0.25, 0.3) is 0 Å². The second-order valence-corrected chi connectivity index (χ2v) is 7.16. The van der Waals surface area contributed by atoms with Gasteiger partial charge in [-0.05, 0) is 42.7 Å². The standard InChI is InChI=1S/C23H32N4O2/c1-24-23(26-20-13-15-27(17-20)21-7-4-3-5-8-21)25-14-6-16-29-18-19-9-11-22(28-2)12-10-19/h3-5,7-12,20H,6,13-18H2,1-2H3,(H2,24,25,26). The van der Waals surface area contributed by atoms with Crippen molar-refractivity contribution in [3.05, 3.63) is 60.2 Å². The fraction of sp³-hybridized carbons (Fsp3) is 0.435. The SMILES string of the molecule is CN=C(NCCCOCc1ccc(OC)cc1)NC1CCN(c2ccccc2)C1. The Kier molecular flexibility index (Phi) is 8.19. The predicted molar refractivity (Wildman–Crippen MR) is 119 cm³/mol. The van der Waals surface area contributed by atoms with Crippen LogP contribution in [0.4, 0.5) is 5.69 Å². The van der Waals surface area contributed by atoms with Crippen molar-refractivity contribution in [1.29, 1.82) is 0 Å². The van der Waals surface area contributed by atoms with Gasteiger partial charge in [0.05, 0.1) is 13.7 Å². The van der Waals surface area contributed by atoms with E-state index in [4.69, 9.17) is 9.47 Å². The fourth-order valence-corrected chi connectivity index (χ4v) is 3.43. The molecule has 0 radical (unpaired) electrons. The molecule has 0 bridgehead atoms. The van der Waals surface area contributed by atoms with Crippen LogP contribution in [-0.4, -0.2) is 52.4 Å². The molecule has 0 saturated carbocycles. The Morgan fingerprint density at radius 3 is 2.66 bits per heavy atom. The first-order valence-electron chi connectivity index (χ1n) is 10.3. The molecule has 29 heavy (non-hydrogen) atoms. The van der Waals surface area contributed by atoms with E-state index in [1.807, 2.05) is 31.3 Å². The number of para-hydroxylation sites is 1. The number of methoxy groups -OCH3 is 1. The van der Waals surface area contributed by atoms with Crippen molar-refractivity contribution in [1.82, 2.24) is 10.6 Å². The van der Waals surface area contributed by atoms with E-state index in [0.717, 1.165) is 49.7 Å². The van der Waals surface area contributed by atoms with Gasteiger partial charge >= 0.3 is 0 Å². The second-order valence-electron chi connectivity index (χ2n) is 7.16. The zero-order valence-corrected chi connectivity index (χ0v) is 17.4. The minimum absolute atomic E-state index is 0.410. The summed E-state index contributed by atoms with van der Waals surface area (Å²) in [6.07, 6.45) is 2.04. The van der Waals surface area contributed by atoms with Crippen molar-refractivity contribution in [3.8, 4) is 5.75 Å². The molecular formula is C23H32N4O2. The number of nitrogens with zero attached hydrogens (tertiary/aromatic N) is 2. The number of aliphatic imine (C=N–C) groups is 1. The zero-order valence-electron chi connectivity index (χ0n) is 17.4. The molecule has 1 saturated heterocycles. The van der Waals surface area contributed by atoms with E-state index in [0.29, 0.717) is 19.3 Å².